The summed E-state index contributed by atoms with van der Waals surface area (Å²) >= 11 is 1.44. The zero-order valence-corrected chi connectivity index (χ0v) is 10.1. The maximum atomic E-state index is 13.1. The summed E-state index contributed by atoms with van der Waals surface area (Å²) in [5, 5.41) is 11.5. The fourth-order valence-electron chi connectivity index (χ4n) is 1.55. The van der Waals surface area contributed by atoms with Gasteiger partial charge in [0, 0.05) is 17.4 Å². The molecule has 2 rings (SSSR count). The Hall–Kier alpha value is -1.46. The molecule has 0 aliphatic heterocycles. The molecule has 0 radical (unpaired) electrons. The van der Waals surface area contributed by atoms with Crippen molar-refractivity contribution in [3.05, 3.63) is 45.7 Å². The van der Waals surface area contributed by atoms with Gasteiger partial charge in [0.1, 0.15) is 11.6 Å². The van der Waals surface area contributed by atoms with E-state index in [2.05, 4.69) is 4.98 Å². The van der Waals surface area contributed by atoms with E-state index >= 15 is 0 Å². The molecule has 1 N–H and O–H groups in total. The minimum atomic E-state index is -0.292. The van der Waals surface area contributed by atoms with E-state index in [1.165, 1.54) is 23.5 Å². The smallest absolute Gasteiger partial charge is 0.123 e. The molecule has 1 aromatic carbocycles. The molecule has 0 saturated carbocycles. The fourth-order valence-corrected chi connectivity index (χ4v) is 2.36. The second-order valence-electron chi connectivity index (χ2n) is 3.52. The van der Waals surface area contributed by atoms with E-state index in [-0.39, 0.29) is 12.4 Å². The normalized spacial score (nSPS) is 10.5. The first-order valence-corrected chi connectivity index (χ1v) is 5.97. The molecule has 0 saturated heterocycles. The first-order valence-electron chi connectivity index (χ1n) is 5.09. The Kier molecular flexibility index (Phi) is 3.71. The van der Waals surface area contributed by atoms with Crippen molar-refractivity contribution in [2.75, 3.05) is 7.11 Å². The summed E-state index contributed by atoms with van der Waals surface area (Å²) < 4.78 is 18.3. The van der Waals surface area contributed by atoms with E-state index in [0.717, 1.165) is 10.6 Å². The maximum absolute atomic E-state index is 13.1. The number of thiazole rings is 1. The zero-order valence-electron chi connectivity index (χ0n) is 9.31. The lowest BCUT2D eigenvalue weighted by atomic mass is 10.1. The predicted molar refractivity (Wildman–Crippen MR) is 63.8 cm³/mol. The second kappa shape index (κ2) is 5.25. The van der Waals surface area contributed by atoms with Crippen LogP contribution in [0.15, 0.2) is 23.6 Å². The van der Waals surface area contributed by atoms with Crippen LogP contribution in [0.4, 0.5) is 4.39 Å². The molecule has 0 bridgehead atoms. The van der Waals surface area contributed by atoms with Gasteiger partial charge in [-0.15, -0.1) is 11.3 Å². The molecule has 1 heterocycles. The van der Waals surface area contributed by atoms with Crippen molar-refractivity contribution in [2.24, 2.45) is 0 Å². The van der Waals surface area contributed by atoms with Gasteiger partial charge in [-0.2, -0.15) is 0 Å². The van der Waals surface area contributed by atoms with Crippen LogP contribution in [0, 0.1) is 5.82 Å². The largest absolute Gasteiger partial charge is 0.496 e. The molecule has 0 fully saturated rings. The van der Waals surface area contributed by atoms with Gasteiger partial charge in [-0.25, -0.2) is 9.37 Å². The predicted octanol–water partition coefficient (Wildman–Crippen LogP) is 2.37. The molecule has 90 valence electrons. The van der Waals surface area contributed by atoms with Gasteiger partial charge in [0.25, 0.3) is 0 Å². The second-order valence-corrected chi connectivity index (χ2v) is 4.47. The van der Waals surface area contributed by atoms with Crippen molar-refractivity contribution >= 4 is 11.3 Å². The fraction of sp³-hybridized carbons (Fsp3) is 0.250. The monoisotopic (exact) mass is 253 g/mol. The summed E-state index contributed by atoms with van der Waals surface area (Å²) in [6.07, 6.45) is 0.506. The van der Waals surface area contributed by atoms with Crippen molar-refractivity contribution in [3.8, 4) is 5.75 Å². The lowest BCUT2D eigenvalue weighted by Gasteiger charge is -2.06. The van der Waals surface area contributed by atoms with Crippen LogP contribution in [0.25, 0.3) is 0 Å². The lowest BCUT2D eigenvalue weighted by Crippen LogP contribution is -1.95. The summed E-state index contributed by atoms with van der Waals surface area (Å²) in [6.45, 7) is -0.0726. The minimum Gasteiger partial charge on any atom is -0.496 e. The van der Waals surface area contributed by atoms with Gasteiger partial charge in [-0.3, -0.25) is 0 Å². The Morgan fingerprint density at radius 1 is 1.47 bits per heavy atom. The Labute approximate surface area is 103 Å². The standard InChI is InChI=1S/C12H12FNO2S/c1-16-11-3-2-9(13)4-8(11)5-12-14-10(6-15)7-17-12/h2-4,7,15H,5-6H2,1H3. The molecule has 0 spiro atoms. The number of aliphatic hydroxyl groups excluding tert-OH is 1. The Morgan fingerprint density at radius 3 is 2.94 bits per heavy atom. The third kappa shape index (κ3) is 2.81. The quantitative estimate of drug-likeness (QED) is 0.909. The molecule has 5 heteroatoms. The molecule has 0 amide bonds. The molecular weight excluding hydrogens is 241 g/mol. The molecule has 2 aromatic rings. The highest BCUT2D eigenvalue weighted by atomic mass is 32.1. The summed E-state index contributed by atoms with van der Waals surface area (Å²) in [4.78, 5) is 4.22. The van der Waals surface area contributed by atoms with Crippen LogP contribution in [0.5, 0.6) is 5.75 Å². The summed E-state index contributed by atoms with van der Waals surface area (Å²) in [5.41, 5.74) is 1.40. The Balaban J connectivity index is 2.25. The van der Waals surface area contributed by atoms with E-state index < -0.39 is 0 Å². The van der Waals surface area contributed by atoms with Gasteiger partial charge in [-0.05, 0) is 18.2 Å². The van der Waals surface area contributed by atoms with E-state index in [9.17, 15) is 4.39 Å². The summed E-state index contributed by atoms with van der Waals surface area (Å²) in [6, 6.07) is 4.41. The van der Waals surface area contributed by atoms with Crippen molar-refractivity contribution in [3.63, 3.8) is 0 Å². The third-order valence-electron chi connectivity index (χ3n) is 2.35. The number of nitrogens with zero attached hydrogens (tertiary/aromatic N) is 1. The molecule has 1 aromatic heterocycles. The average molecular weight is 253 g/mol. The van der Waals surface area contributed by atoms with Gasteiger partial charge in [0.05, 0.1) is 24.4 Å². The van der Waals surface area contributed by atoms with E-state index in [0.29, 0.717) is 17.9 Å². The van der Waals surface area contributed by atoms with Gasteiger partial charge in [0.2, 0.25) is 0 Å². The van der Waals surface area contributed by atoms with Crippen LogP contribution in [0.3, 0.4) is 0 Å². The van der Waals surface area contributed by atoms with Crippen molar-refractivity contribution < 1.29 is 14.2 Å². The van der Waals surface area contributed by atoms with Crippen LogP contribution >= 0.6 is 11.3 Å². The molecule has 3 nitrogen and oxygen atoms in total. The number of rotatable bonds is 4. The Morgan fingerprint density at radius 2 is 2.29 bits per heavy atom. The molecule has 0 unspecified atom stereocenters. The highest BCUT2D eigenvalue weighted by Gasteiger charge is 2.08. The number of ether oxygens (including phenoxy) is 1. The number of halogens is 1. The highest BCUT2D eigenvalue weighted by molar-refractivity contribution is 7.09. The van der Waals surface area contributed by atoms with Crippen LogP contribution in [0.1, 0.15) is 16.3 Å². The zero-order chi connectivity index (χ0) is 12.3. The minimum absolute atomic E-state index is 0.0726. The molecule has 0 aliphatic rings. The van der Waals surface area contributed by atoms with E-state index in [1.807, 2.05) is 0 Å². The van der Waals surface area contributed by atoms with Crippen molar-refractivity contribution in [2.45, 2.75) is 13.0 Å². The van der Waals surface area contributed by atoms with Gasteiger partial charge < -0.3 is 9.84 Å². The summed E-state index contributed by atoms with van der Waals surface area (Å²) in [5.74, 6) is 0.354. The van der Waals surface area contributed by atoms with E-state index in [4.69, 9.17) is 9.84 Å². The first-order chi connectivity index (χ1) is 8.22. The van der Waals surface area contributed by atoms with Crippen LogP contribution in [-0.2, 0) is 13.0 Å². The van der Waals surface area contributed by atoms with Gasteiger partial charge >= 0.3 is 0 Å². The van der Waals surface area contributed by atoms with Crippen LogP contribution in [0.2, 0.25) is 0 Å². The molecule has 17 heavy (non-hydrogen) atoms. The molecule has 0 aliphatic carbocycles. The first kappa shape index (κ1) is 12.0. The van der Waals surface area contributed by atoms with E-state index in [1.54, 1.807) is 18.6 Å². The van der Waals surface area contributed by atoms with Crippen molar-refractivity contribution in [1.29, 1.82) is 0 Å². The maximum Gasteiger partial charge on any atom is 0.123 e. The molecular formula is C12H12FNO2S. The number of aliphatic hydroxyl groups is 1. The lowest BCUT2D eigenvalue weighted by molar-refractivity contribution is 0.277. The van der Waals surface area contributed by atoms with Crippen molar-refractivity contribution in [1.82, 2.24) is 4.98 Å². The highest BCUT2D eigenvalue weighted by Crippen LogP contribution is 2.23. The SMILES string of the molecule is COc1ccc(F)cc1Cc1nc(CO)cs1. The third-order valence-corrected chi connectivity index (χ3v) is 3.24. The topological polar surface area (TPSA) is 42.4 Å². The Bertz CT molecular complexity index is 513. The van der Waals surface area contributed by atoms with Gasteiger partial charge in [-0.1, -0.05) is 0 Å². The average Bonchev–Trinajstić information content (AvgIpc) is 2.77. The number of hydrogen-bond donors (Lipinski definition) is 1. The number of benzene rings is 1. The number of methoxy groups -OCH3 is 1. The van der Waals surface area contributed by atoms with Gasteiger partial charge in [0.15, 0.2) is 0 Å². The molecule has 0 atom stereocenters. The summed E-state index contributed by atoms with van der Waals surface area (Å²) in [7, 11) is 1.55. The number of hydrogen-bond acceptors (Lipinski definition) is 4. The number of aromatic nitrogens is 1. The van der Waals surface area contributed by atoms with Crippen LogP contribution < -0.4 is 4.74 Å². The van der Waals surface area contributed by atoms with Crippen LogP contribution in [-0.4, -0.2) is 17.2 Å².